The molecule has 4 aliphatic rings. The molecule has 0 aromatic rings. The predicted octanol–water partition coefficient (Wildman–Crippen LogP) is 15.6. The molecule has 4 rings (SSSR count). The zero-order chi connectivity index (χ0) is 68.0. The quantitative estimate of drug-likeness (QED) is 0.0193. The van der Waals surface area contributed by atoms with Crippen molar-refractivity contribution in [3.8, 4) is 0 Å². The largest absolute Gasteiger partial charge is 0.463 e. The third kappa shape index (κ3) is 29.4. The summed E-state index contributed by atoms with van der Waals surface area (Å²) in [6.07, 6.45) is 36.3. The van der Waals surface area contributed by atoms with E-state index in [2.05, 4.69) is 158 Å². The maximum atomic E-state index is 12.6. The van der Waals surface area contributed by atoms with E-state index in [9.17, 15) is 40.2 Å². The van der Waals surface area contributed by atoms with Crippen molar-refractivity contribution in [3.63, 3.8) is 0 Å². The molecule has 0 saturated carbocycles. The fourth-order valence-electron chi connectivity index (χ4n) is 12.9. The Morgan fingerprint density at radius 1 is 0.457 bits per heavy atom. The molecule has 2 fully saturated rings. The van der Waals surface area contributed by atoms with Gasteiger partial charge in [0, 0.05) is 12.8 Å². The number of hydrogen-bond acceptors (Lipinski definition) is 14. The lowest BCUT2D eigenvalue weighted by molar-refractivity contribution is -0.313. The van der Waals surface area contributed by atoms with Crippen molar-refractivity contribution in [2.45, 2.75) is 312 Å². The highest BCUT2D eigenvalue weighted by atomic mass is 16.7. The molecule has 0 radical (unpaired) electrons. The van der Waals surface area contributed by atoms with E-state index < -0.39 is 61.4 Å². The van der Waals surface area contributed by atoms with E-state index in [1.54, 1.807) is 0 Å². The van der Waals surface area contributed by atoms with Gasteiger partial charge in [-0.05, 0) is 114 Å². The van der Waals surface area contributed by atoms with Crippen LogP contribution in [0.4, 0.5) is 0 Å². The molecule has 0 aromatic carbocycles. The number of carbonyl (C=O) groups excluding carboxylic acids is 2. The maximum absolute atomic E-state index is 12.6. The van der Waals surface area contributed by atoms with Gasteiger partial charge in [0.15, 0.2) is 12.6 Å². The van der Waals surface area contributed by atoms with Crippen LogP contribution in [0.15, 0.2) is 130 Å². The van der Waals surface area contributed by atoms with Crippen molar-refractivity contribution in [1.29, 1.82) is 0 Å². The standard InChI is InChI=1S/C78H124O14/c1-53(2)33-25-21-17-15-19-23-27-41-67(79)87-51-65-69(81)71(83)73(85)75(91-65)89-61-47-59(9)63(77(11,12)49-61)45-43-57(7)39-31-37-55(5)35-29-30-36-56(6)38-32-40-58(8)44-46-64-60(10)48-62(50-78(64,13)14)90-76-74(86)72(84)70(82)66(92-76)52-88-68(80)42-28-24-20-16-18-22-26-34-54(3)4/h29-32,35-40,43-46,53-54,61-62,65-66,69-76,81-86H,15-28,33-34,41-42,47-52H2,1-14H3/b30-29+,37-31+,38-32+,45-43+,46-44+,55-35+,56-36+,57-39+,58-40+/t61-,62-,65-,66-,69-,70-,71+,72+,73-,74-,75?,76?/m1/s1. The number of aliphatic hydroxyl groups is 6. The van der Waals surface area contributed by atoms with E-state index in [0.29, 0.717) is 25.7 Å². The molecule has 2 heterocycles. The third-order valence-electron chi connectivity index (χ3n) is 18.3. The van der Waals surface area contributed by atoms with Crippen LogP contribution in [0.3, 0.4) is 0 Å². The Bertz CT molecular complexity index is 2410. The van der Waals surface area contributed by atoms with Crippen molar-refractivity contribution in [1.82, 2.24) is 0 Å². The molecule has 6 N–H and O–H groups in total. The molecule has 0 spiro atoms. The van der Waals surface area contributed by atoms with Gasteiger partial charge in [-0.15, -0.1) is 0 Å². The third-order valence-corrected chi connectivity index (χ3v) is 18.3. The summed E-state index contributed by atoms with van der Waals surface area (Å²) in [5.74, 6) is 0.754. The summed E-state index contributed by atoms with van der Waals surface area (Å²) >= 11 is 0. The Morgan fingerprint density at radius 3 is 1.11 bits per heavy atom. The summed E-state index contributed by atoms with van der Waals surface area (Å²) in [5, 5.41) is 64.8. The summed E-state index contributed by atoms with van der Waals surface area (Å²) < 4.78 is 35.6. The number of unbranched alkanes of at least 4 members (excludes halogenated alkanes) is 12. The second-order valence-electron chi connectivity index (χ2n) is 29.1. The van der Waals surface area contributed by atoms with E-state index in [1.165, 1.54) is 75.4 Å². The van der Waals surface area contributed by atoms with Crippen LogP contribution in [-0.2, 0) is 38.0 Å². The van der Waals surface area contributed by atoms with Crippen molar-refractivity contribution in [2.75, 3.05) is 13.2 Å². The first-order chi connectivity index (χ1) is 43.6. The lowest BCUT2D eigenvalue weighted by Gasteiger charge is -2.43. The van der Waals surface area contributed by atoms with Crippen LogP contribution in [0.25, 0.3) is 0 Å². The lowest BCUT2D eigenvalue weighted by Crippen LogP contribution is -2.60. The summed E-state index contributed by atoms with van der Waals surface area (Å²) in [6.45, 7) is 29.7. The molecule has 2 unspecified atom stereocenters. The second-order valence-corrected chi connectivity index (χ2v) is 29.1. The highest BCUT2D eigenvalue weighted by Gasteiger charge is 2.48. The van der Waals surface area contributed by atoms with Gasteiger partial charge >= 0.3 is 11.9 Å². The maximum Gasteiger partial charge on any atom is 0.305 e. The first-order valence-electron chi connectivity index (χ1n) is 35.1. The molecule has 2 aliphatic heterocycles. The van der Waals surface area contributed by atoms with Crippen LogP contribution in [0.5, 0.6) is 0 Å². The molecular formula is C78H124O14. The van der Waals surface area contributed by atoms with Gasteiger partial charge in [-0.25, -0.2) is 0 Å². The number of ether oxygens (including phenoxy) is 6. The Kier molecular flexibility index (Phi) is 36.2. The first-order valence-corrected chi connectivity index (χ1v) is 35.1. The molecule has 14 heteroatoms. The smallest absolute Gasteiger partial charge is 0.305 e. The van der Waals surface area contributed by atoms with Crippen molar-refractivity contribution in [3.05, 3.63) is 130 Å². The number of carbonyl (C=O) groups is 2. The average Bonchev–Trinajstić information content (AvgIpc) is 0.858. The lowest BCUT2D eigenvalue weighted by atomic mass is 9.71. The Labute approximate surface area is 555 Å². The molecule has 0 amide bonds. The topological polar surface area (TPSA) is 211 Å². The van der Waals surface area contributed by atoms with Gasteiger partial charge in [0.1, 0.15) is 62.0 Å². The van der Waals surface area contributed by atoms with Crippen molar-refractivity contribution in [2.24, 2.45) is 22.7 Å². The van der Waals surface area contributed by atoms with Crippen LogP contribution in [-0.4, -0.2) is 129 Å². The van der Waals surface area contributed by atoms with Gasteiger partial charge in [-0.1, -0.05) is 264 Å². The van der Waals surface area contributed by atoms with Crippen molar-refractivity contribution >= 4 is 11.9 Å². The van der Waals surface area contributed by atoms with Crippen LogP contribution in [0, 0.1) is 22.7 Å². The molecule has 12 atom stereocenters. The first kappa shape index (κ1) is 80.1. The number of allylic oxidation sites excluding steroid dienone is 20. The SMILES string of the molecule is CC1=C(/C=C/C(C)=C/C=C/C(C)=C/C=C/C=C(C)/C=C/C=C(C)/C=C/C2=C(C)C[C@@H](OC3O[C@H](COC(=O)CCCCCCCCCC(C)C)[C@@H](O)[C@H](O)[C@H]3O)CC2(C)C)C(C)(C)C[C@H](OC2O[C@H](COC(=O)CCCCCCCCCC(C)C)[C@@H](O)[C@H](O)[C@H]2O)C1. The summed E-state index contributed by atoms with van der Waals surface area (Å²) in [4.78, 5) is 25.1. The van der Waals surface area contributed by atoms with Gasteiger partial charge in [-0.2, -0.15) is 0 Å². The fourth-order valence-corrected chi connectivity index (χ4v) is 12.9. The highest BCUT2D eigenvalue weighted by molar-refractivity contribution is 5.69. The van der Waals surface area contributed by atoms with E-state index in [1.807, 2.05) is 24.3 Å². The number of aliphatic hydroxyl groups excluding tert-OH is 6. The highest BCUT2D eigenvalue weighted by Crippen LogP contribution is 2.45. The molecular weight excluding hydrogens is 1160 g/mol. The van der Waals surface area contributed by atoms with E-state index in [4.69, 9.17) is 28.4 Å². The Hall–Kier alpha value is -4.32. The second kappa shape index (κ2) is 41.6. The number of esters is 2. The molecule has 14 nitrogen and oxygen atoms in total. The van der Waals surface area contributed by atoms with Gasteiger partial charge in [0.05, 0.1) is 12.2 Å². The minimum Gasteiger partial charge on any atom is -0.463 e. The number of rotatable bonds is 38. The normalized spacial score (nSPS) is 28.0. The van der Waals surface area contributed by atoms with Crippen LogP contribution in [0.2, 0.25) is 0 Å². The van der Waals surface area contributed by atoms with E-state index in [-0.39, 0.29) is 61.0 Å². The Balaban J connectivity index is 1.19. The average molecular weight is 1290 g/mol. The van der Waals surface area contributed by atoms with E-state index >= 15 is 0 Å². The predicted molar refractivity (Wildman–Crippen MR) is 370 cm³/mol. The molecule has 0 bridgehead atoms. The molecule has 0 aromatic heterocycles. The summed E-state index contributed by atoms with van der Waals surface area (Å²) in [7, 11) is 0. The summed E-state index contributed by atoms with van der Waals surface area (Å²) in [5.41, 5.74) is 8.58. The fraction of sp³-hybridized carbons (Fsp3) is 0.692. The number of hydrogen-bond donors (Lipinski definition) is 6. The minimum absolute atomic E-state index is 0.238. The monoisotopic (exact) mass is 1280 g/mol. The van der Waals surface area contributed by atoms with Gasteiger partial charge in [0.2, 0.25) is 0 Å². The summed E-state index contributed by atoms with van der Waals surface area (Å²) in [6, 6.07) is 0. The van der Waals surface area contributed by atoms with Crippen molar-refractivity contribution < 1.29 is 68.6 Å². The zero-order valence-electron chi connectivity index (χ0n) is 59.1. The van der Waals surface area contributed by atoms with Gasteiger partial charge in [0.25, 0.3) is 0 Å². The van der Waals surface area contributed by atoms with Crippen LogP contribution < -0.4 is 0 Å². The van der Waals surface area contributed by atoms with Gasteiger partial charge < -0.3 is 59.1 Å². The van der Waals surface area contributed by atoms with E-state index in [0.717, 1.165) is 83.8 Å². The zero-order valence-corrected chi connectivity index (χ0v) is 59.1. The Morgan fingerprint density at radius 2 is 0.772 bits per heavy atom. The molecule has 520 valence electrons. The molecule has 92 heavy (non-hydrogen) atoms. The van der Waals surface area contributed by atoms with Crippen LogP contribution in [0.1, 0.15) is 238 Å². The minimum atomic E-state index is -1.52. The van der Waals surface area contributed by atoms with Crippen LogP contribution >= 0.6 is 0 Å². The molecule has 2 aliphatic carbocycles. The molecule has 2 saturated heterocycles. The van der Waals surface area contributed by atoms with Gasteiger partial charge in [-0.3, -0.25) is 9.59 Å².